The van der Waals surface area contributed by atoms with E-state index in [4.69, 9.17) is 9.84 Å². The molecule has 0 aromatic heterocycles. The van der Waals surface area contributed by atoms with Crippen molar-refractivity contribution in [1.82, 2.24) is 0 Å². The minimum absolute atomic E-state index is 0.195. The SMILES string of the molecule is C=C(CCCOc1cc(Br)c(Br)c(Br)c1Br)C(=O)O. The van der Waals surface area contributed by atoms with Gasteiger partial charge in [0.15, 0.2) is 0 Å². The molecule has 0 radical (unpaired) electrons. The summed E-state index contributed by atoms with van der Waals surface area (Å²) in [5.74, 6) is -0.279. The number of halogens is 4. The van der Waals surface area contributed by atoms with Crippen LogP contribution in [0.15, 0.2) is 36.1 Å². The number of carboxylic acid groups (broad SMARTS) is 1. The van der Waals surface area contributed by atoms with Gasteiger partial charge in [0.1, 0.15) is 5.75 Å². The first kappa shape index (κ1) is 17.2. The summed E-state index contributed by atoms with van der Waals surface area (Å²) in [5, 5.41) is 8.68. The minimum atomic E-state index is -0.963. The summed E-state index contributed by atoms with van der Waals surface area (Å²) >= 11 is 13.7. The zero-order valence-electron chi connectivity index (χ0n) is 9.68. The molecule has 0 unspecified atom stereocenters. The largest absolute Gasteiger partial charge is 0.492 e. The molecule has 0 bridgehead atoms. The van der Waals surface area contributed by atoms with Crippen LogP contribution < -0.4 is 4.74 Å². The van der Waals surface area contributed by atoms with E-state index >= 15 is 0 Å². The van der Waals surface area contributed by atoms with E-state index in [0.29, 0.717) is 25.2 Å². The third-order valence-corrected chi connectivity index (χ3v) is 6.88. The molecule has 1 rings (SSSR count). The first-order valence-corrected chi connectivity index (χ1v) is 8.38. The Morgan fingerprint density at radius 3 is 2.42 bits per heavy atom. The number of ether oxygens (including phenoxy) is 1. The molecule has 0 fully saturated rings. The van der Waals surface area contributed by atoms with Crippen LogP contribution in [0.5, 0.6) is 5.75 Å². The van der Waals surface area contributed by atoms with Crippen molar-refractivity contribution in [3.05, 3.63) is 36.1 Å². The van der Waals surface area contributed by atoms with Crippen LogP contribution in [0.25, 0.3) is 0 Å². The summed E-state index contributed by atoms with van der Waals surface area (Å²) < 4.78 is 9.04. The Kier molecular flexibility index (Phi) is 7.07. The number of aliphatic carboxylic acids is 1. The van der Waals surface area contributed by atoms with E-state index in [9.17, 15) is 4.79 Å². The van der Waals surface area contributed by atoms with Gasteiger partial charge in [-0.2, -0.15) is 0 Å². The van der Waals surface area contributed by atoms with Gasteiger partial charge in [-0.1, -0.05) is 6.58 Å². The number of hydrogen-bond donors (Lipinski definition) is 1. The zero-order valence-corrected chi connectivity index (χ0v) is 16.0. The standard InChI is InChI=1S/C12H10Br4O3/c1-6(12(17)18)3-2-4-19-8-5-7(13)9(14)11(16)10(8)15/h5H,1-4H2,(H,17,18). The lowest BCUT2D eigenvalue weighted by atomic mass is 10.2. The summed E-state index contributed by atoms with van der Waals surface area (Å²) in [6.45, 7) is 3.89. The Hall–Kier alpha value is 0.150. The van der Waals surface area contributed by atoms with Gasteiger partial charge in [-0.15, -0.1) is 0 Å². The first-order chi connectivity index (χ1) is 8.84. The first-order valence-electron chi connectivity index (χ1n) is 5.21. The fourth-order valence-electron chi connectivity index (χ4n) is 1.23. The third-order valence-electron chi connectivity index (χ3n) is 2.25. The molecule has 0 saturated carbocycles. The van der Waals surface area contributed by atoms with Gasteiger partial charge < -0.3 is 9.84 Å². The molecule has 0 atom stereocenters. The van der Waals surface area contributed by atoms with E-state index in [-0.39, 0.29) is 5.57 Å². The highest BCUT2D eigenvalue weighted by molar-refractivity contribution is 9.15. The lowest BCUT2D eigenvalue weighted by Crippen LogP contribution is -2.03. The van der Waals surface area contributed by atoms with Crippen molar-refractivity contribution in [2.45, 2.75) is 12.8 Å². The number of hydrogen-bond acceptors (Lipinski definition) is 2. The summed E-state index contributed by atoms with van der Waals surface area (Å²) in [4.78, 5) is 10.6. The average molecular weight is 522 g/mol. The molecule has 0 saturated heterocycles. The van der Waals surface area contributed by atoms with E-state index in [1.807, 2.05) is 6.07 Å². The highest BCUT2D eigenvalue weighted by atomic mass is 79.9. The van der Waals surface area contributed by atoms with Crippen molar-refractivity contribution in [3.8, 4) is 5.75 Å². The summed E-state index contributed by atoms with van der Waals surface area (Å²) in [6, 6.07) is 1.84. The molecule has 104 valence electrons. The average Bonchev–Trinajstić information content (AvgIpc) is 2.37. The maximum absolute atomic E-state index is 10.6. The quantitative estimate of drug-likeness (QED) is 0.232. The van der Waals surface area contributed by atoms with E-state index < -0.39 is 5.97 Å². The monoisotopic (exact) mass is 518 g/mol. The Bertz CT molecular complexity index is 514. The third kappa shape index (κ3) is 4.88. The van der Waals surface area contributed by atoms with Crippen molar-refractivity contribution >= 4 is 69.7 Å². The molecule has 0 aliphatic heterocycles. The highest BCUT2D eigenvalue weighted by Crippen LogP contribution is 2.42. The van der Waals surface area contributed by atoms with Gasteiger partial charge in [-0.25, -0.2) is 4.79 Å². The number of carbonyl (C=O) groups is 1. The van der Waals surface area contributed by atoms with Crippen LogP contribution in [0.4, 0.5) is 0 Å². The molecule has 0 aliphatic carbocycles. The zero-order chi connectivity index (χ0) is 14.6. The van der Waals surface area contributed by atoms with Crippen LogP contribution in [-0.4, -0.2) is 17.7 Å². The van der Waals surface area contributed by atoms with Gasteiger partial charge in [0.05, 0.1) is 15.6 Å². The van der Waals surface area contributed by atoms with Crippen LogP contribution in [0.1, 0.15) is 12.8 Å². The van der Waals surface area contributed by atoms with Crippen LogP contribution in [0, 0.1) is 0 Å². The molecule has 19 heavy (non-hydrogen) atoms. The highest BCUT2D eigenvalue weighted by Gasteiger charge is 2.13. The summed E-state index contributed by atoms with van der Waals surface area (Å²) in [6.07, 6.45) is 1.01. The second kappa shape index (κ2) is 7.81. The fourth-order valence-corrected chi connectivity index (χ4v) is 3.32. The Morgan fingerprint density at radius 2 is 1.84 bits per heavy atom. The second-order valence-electron chi connectivity index (χ2n) is 3.66. The van der Waals surface area contributed by atoms with Crippen molar-refractivity contribution in [1.29, 1.82) is 0 Å². The molecule has 0 heterocycles. The minimum Gasteiger partial charge on any atom is -0.492 e. The number of rotatable bonds is 6. The van der Waals surface area contributed by atoms with Gasteiger partial charge in [0.2, 0.25) is 0 Å². The fraction of sp³-hybridized carbons (Fsp3) is 0.250. The Morgan fingerprint density at radius 1 is 1.21 bits per heavy atom. The maximum atomic E-state index is 10.6. The Balaban J connectivity index is 2.60. The van der Waals surface area contributed by atoms with Crippen molar-refractivity contribution < 1.29 is 14.6 Å². The van der Waals surface area contributed by atoms with E-state index in [1.165, 1.54) is 0 Å². The number of benzene rings is 1. The van der Waals surface area contributed by atoms with Gasteiger partial charge >= 0.3 is 5.97 Å². The molecule has 3 nitrogen and oxygen atoms in total. The van der Waals surface area contributed by atoms with Crippen LogP contribution in [-0.2, 0) is 4.79 Å². The molecular formula is C12H10Br4O3. The van der Waals surface area contributed by atoms with Crippen LogP contribution >= 0.6 is 63.7 Å². The lowest BCUT2D eigenvalue weighted by Gasteiger charge is -2.11. The molecule has 7 heteroatoms. The van der Waals surface area contributed by atoms with Gasteiger partial charge in [-0.05, 0) is 82.6 Å². The van der Waals surface area contributed by atoms with Gasteiger partial charge in [0.25, 0.3) is 0 Å². The topological polar surface area (TPSA) is 46.5 Å². The normalized spacial score (nSPS) is 10.3. The molecular weight excluding hydrogens is 512 g/mol. The molecule has 1 aromatic rings. The second-order valence-corrected chi connectivity index (χ2v) is 6.89. The number of carboxylic acids is 1. The van der Waals surface area contributed by atoms with Gasteiger partial charge in [0, 0.05) is 14.5 Å². The molecule has 1 aromatic carbocycles. The van der Waals surface area contributed by atoms with E-state index in [1.54, 1.807) is 0 Å². The predicted octanol–water partition coefficient (Wildman–Crippen LogP) is 5.54. The molecule has 1 N–H and O–H groups in total. The predicted molar refractivity (Wildman–Crippen MR) is 88.7 cm³/mol. The molecule has 0 aliphatic rings. The summed E-state index contributed by atoms with van der Waals surface area (Å²) in [5.41, 5.74) is 0.195. The van der Waals surface area contributed by atoms with Crippen molar-refractivity contribution in [2.24, 2.45) is 0 Å². The summed E-state index contributed by atoms with van der Waals surface area (Å²) in [7, 11) is 0. The van der Waals surface area contributed by atoms with E-state index in [0.717, 1.165) is 17.9 Å². The van der Waals surface area contributed by atoms with E-state index in [2.05, 4.69) is 70.3 Å². The van der Waals surface area contributed by atoms with Crippen molar-refractivity contribution in [3.63, 3.8) is 0 Å². The Labute approximate surface area is 144 Å². The van der Waals surface area contributed by atoms with Gasteiger partial charge in [-0.3, -0.25) is 0 Å². The van der Waals surface area contributed by atoms with Crippen LogP contribution in [0.2, 0.25) is 0 Å². The van der Waals surface area contributed by atoms with Crippen LogP contribution in [0.3, 0.4) is 0 Å². The molecule has 0 spiro atoms. The van der Waals surface area contributed by atoms with Crippen molar-refractivity contribution in [2.75, 3.05) is 6.61 Å². The maximum Gasteiger partial charge on any atom is 0.330 e. The smallest absolute Gasteiger partial charge is 0.330 e. The lowest BCUT2D eigenvalue weighted by molar-refractivity contribution is -0.132. The molecule has 0 amide bonds.